The Morgan fingerprint density at radius 2 is 1.68 bits per heavy atom. The van der Waals surface area contributed by atoms with Crippen molar-refractivity contribution < 1.29 is 4.79 Å². The largest absolute Gasteiger partial charge is 0.303 e. The standard InChI is InChI=1S/C17H17BrO/c1-13(16-9-5-6-10-17(16)18)11-15(12-19)14-7-3-2-4-8-14/h2-10,12-13,15H,11H2,1H3. The first kappa shape index (κ1) is 14.0. The Bertz CT molecular complexity index is 536. The maximum atomic E-state index is 11.3. The Morgan fingerprint density at radius 1 is 1.05 bits per heavy atom. The first-order valence-corrected chi connectivity index (χ1v) is 7.26. The lowest BCUT2D eigenvalue weighted by Crippen LogP contribution is -2.06. The van der Waals surface area contributed by atoms with Gasteiger partial charge in [0.15, 0.2) is 0 Å². The van der Waals surface area contributed by atoms with Gasteiger partial charge in [-0.25, -0.2) is 0 Å². The summed E-state index contributed by atoms with van der Waals surface area (Å²) in [7, 11) is 0. The lowest BCUT2D eigenvalue weighted by Gasteiger charge is -2.18. The maximum Gasteiger partial charge on any atom is 0.127 e. The summed E-state index contributed by atoms with van der Waals surface area (Å²) in [5.41, 5.74) is 2.35. The van der Waals surface area contributed by atoms with Crippen molar-refractivity contribution in [2.45, 2.75) is 25.2 Å². The summed E-state index contributed by atoms with van der Waals surface area (Å²) in [6.07, 6.45) is 1.89. The highest BCUT2D eigenvalue weighted by Crippen LogP contribution is 2.32. The molecular weight excluding hydrogens is 300 g/mol. The molecule has 2 aromatic carbocycles. The summed E-state index contributed by atoms with van der Waals surface area (Å²) < 4.78 is 1.11. The second kappa shape index (κ2) is 6.67. The monoisotopic (exact) mass is 316 g/mol. The van der Waals surface area contributed by atoms with Crippen LogP contribution < -0.4 is 0 Å². The molecule has 1 nitrogen and oxygen atoms in total. The average molecular weight is 317 g/mol. The van der Waals surface area contributed by atoms with E-state index in [1.807, 2.05) is 48.5 Å². The number of carbonyl (C=O) groups is 1. The van der Waals surface area contributed by atoms with E-state index in [9.17, 15) is 4.79 Å². The van der Waals surface area contributed by atoms with Crippen LogP contribution in [0, 0.1) is 0 Å². The Kier molecular flexibility index (Phi) is 4.92. The van der Waals surface area contributed by atoms with Crippen molar-refractivity contribution in [3.05, 3.63) is 70.2 Å². The first-order valence-electron chi connectivity index (χ1n) is 6.47. The van der Waals surface area contributed by atoms with E-state index in [-0.39, 0.29) is 5.92 Å². The van der Waals surface area contributed by atoms with Crippen molar-refractivity contribution in [2.75, 3.05) is 0 Å². The van der Waals surface area contributed by atoms with Gasteiger partial charge in [-0.15, -0.1) is 0 Å². The molecule has 0 aliphatic rings. The van der Waals surface area contributed by atoms with Gasteiger partial charge < -0.3 is 4.79 Å². The summed E-state index contributed by atoms with van der Waals surface area (Å²) in [5, 5.41) is 0. The molecular formula is C17H17BrO. The van der Waals surface area contributed by atoms with E-state index >= 15 is 0 Å². The molecule has 2 atom stereocenters. The zero-order chi connectivity index (χ0) is 13.7. The molecule has 0 heterocycles. The second-order valence-electron chi connectivity index (χ2n) is 4.81. The Morgan fingerprint density at radius 3 is 2.32 bits per heavy atom. The van der Waals surface area contributed by atoms with Crippen molar-refractivity contribution in [1.29, 1.82) is 0 Å². The SMILES string of the molecule is CC(CC(C=O)c1ccccc1)c1ccccc1Br. The van der Waals surface area contributed by atoms with Crippen LogP contribution in [0.15, 0.2) is 59.1 Å². The van der Waals surface area contributed by atoms with Gasteiger partial charge in [0, 0.05) is 10.4 Å². The van der Waals surface area contributed by atoms with Gasteiger partial charge in [0.1, 0.15) is 6.29 Å². The van der Waals surface area contributed by atoms with E-state index in [2.05, 4.69) is 28.9 Å². The van der Waals surface area contributed by atoms with Crippen molar-refractivity contribution in [3.8, 4) is 0 Å². The lowest BCUT2D eigenvalue weighted by atomic mass is 9.87. The van der Waals surface area contributed by atoms with Crippen molar-refractivity contribution in [3.63, 3.8) is 0 Å². The molecule has 98 valence electrons. The summed E-state index contributed by atoms with van der Waals surface area (Å²) in [4.78, 5) is 11.3. The maximum absolute atomic E-state index is 11.3. The van der Waals surface area contributed by atoms with Gasteiger partial charge in [0.2, 0.25) is 0 Å². The zero-order valence-electron chi connectivity index (χ0n) is 10.9. The minimum absolute atomic E-state index is 0.0386. The molecule has 0 fully saturated rings. The fraction of sp³-hybridized carbons (Fsp3) is 0.235. The molecule has 0 amide bonds. The molecule has 0 saturated heterocycles. The Balaban J connectivity index is 2.15. The number of hydrogen-bond donors (Lipinski definition) is 0. The third kappa shape index (κ3) is 3.54. The van der Waals surface area contributed by atoms with Gasteiger partial charge in [0.05, 0.1) is 0 Å². The number of carbonyl (C=O) groups excluding carboxylic acids is 1. The molecule has 2 unspecified atom stereocenters. The van der Waals surface area contributed by atoms with Crippen molar-refractivity contribution >= 4 is 22.2 Å². The topological polar surface area (TPSA) is 17.1 Å². The summed E-state index contributed by atoms with van der Waals surface area (Å²) in [6.45, 7) is 2.17. The predicted molar refractivity (Wildman–Crippen MR) is 82.4 cm³/mol. The van der Waals surface area contributed by atoms with E-state index in [4.69, 9.17) is 0 Å². The van der Waals surface area contributed by atoms with Gasteiger partial charge >= 0.3 is 0 Å². The van der Waals surface area contributed by atoms with Gasteiger partial charge in [-0.2, -0.15) is 0 Å². The van der Waals surface area contributed by atoms with E-state index < -0.39 is 0 Å². The summed E-state index contributed by atoms with van der Waals surface area (Å²) in [5.74, 6) is 0.300. The molecule has 2 aromatic rings. The number of benzene rings is 2. The first-order chi connectivity index (χ1) is 9.22. The average Bonchev–Trinajstić information content (AvgIpc) is 2.46. The summed E-state index contributed by atoms with van der Waals surface area (Å²) in [6, 6.07) is 18.2. The van der Waals surface area contributed by atoms with Crippen molar-refractivity contribution in [1.82, 2.24) is 0 Å². The lowest BCUT2D eigenvalue weighted by molar-refractivity contribution is -0.109. The molecule has 0 N–H and O–H groups in total. The predicted octanol–water partition coefficient (Wildman–Crippen LogP) is 4.93. The van der Waals surface area contributed by atoms with Crippen LogP contribution in [0.25, 0.3) is 0 Å². The smallest absolute Gasteiger partial charge is 0.127 e. The van der Waals surface area contributed by atoms with Gasteiger partial charge in [-0.05, 0) is 29.5 Å². The molecule has 0 aromatic heterocycles. The molecule has 2 heteroatoms. The van der Waals surface area contributed by atoms with E-state index in [1.54, 1.807) is 0 Å². The Labute approximate surface area is 122 Å². The summed E-state index contributed by atoms with van der Waals surface area (Å²) >= 11 is 3.58. The number of halogens is 1. The molecule has 0 saturated carbocycles. The van der Waals surface area contributed by atoms with Crippen LogP contribution >= 0.6 is 15.9 Å². The van der Waals surface area contributed by atoms with E-state index in [0.717, 1.165) is 22.7 Å². The van der Waals surface area contributed by atoms with Crippen LogP contribution in [0.1, 0.15) is 36.3 Å². The minimum Gasteiger partial charge on any atom is -0.303 e. The Hall–Kier alpha value is -1.41. The molecule has 0 radical (unpaired) electrons. The van der Waals surface area contributed by atoms with Gasteiger partial charge in [-0.1, -0.05) is 71.4 Å². The number of aldehydes is 1. The van der Waals surface area contributed by atoms with Crippen LogP contribution in [-0.4, -0.2) is 6.29 Å². The molecule has 19 heavy (non-hydrogen) atoms. The van der Waals surface area contributed by atoms with Crippen LogP contribution in [-0.2, 0) is 4.79 Å². The fourth-order valence-corrected chi connectivity index (χ4v) is 3.03. The zero-order valence-corrected chi connectivity index (χ0v) is 12.5. The molecule has 0 spiro atoms. The normalized spacial score (nSPS) is 13.8. The van der Waals surface area contributed by atoms with Crippen LogP contribution in [0.5, 0.6) is 0 Å². The quantitative estimate of drug-likeness (QED) is 0.715. The second-order valence-corrected chi connectivity index (χ2v) is 5.67. The van der Waals surface area contributed by atoms with Gasteiger partial charge in [0.25, 0.3) is 0 Å². The van der Waals surface area contributed by atoms with Crippen molar-refractivity contribution in [2.24, 2.45) is 0 Å². The highest BCUT2D eigenvalue weighted by Gasteiger charge is 2.17. The third-order valence-electron chi connectivity index (χ3n) is 3.44. The molecule has 0 bridgehead atoms. The minimum atomic E-state index is -0.0386. The van der Waals surface area contributed by atoms with Crippen LogP contribution in [0.4, 0.5) is 0 Å². The van der Waals surface area contributed by atoms with E-state index in [1.165, 1.54) is 5.56 Å². The number of rotatable bonds is 5. The van der Waals surface area contributed by atoms with Crippen LogP contribution in [0.2, 0.25) is 0 Å². The number of hydrogen-bond acceptors (Lipinski definition) is 1. The molecule has 0 aliphatic heterocycles. The third-order valence-corrected chi connectivity index (χ3v) is 4.16. The van der Waals surface area contributed by atoms with Gasteiger partial charge in [-0.3, -0.25) is 0 Å². The van der Waals surface area contributed by atoms with E-state index in [0.29, 0.717) is 5.92 Å². The highest BCUT2D eigenvalue weighted by atomic mass is 79.9. The van der Waals surface area contributed by atoms with Crippen LogP contribution in [0.3, 0.4) is 0 Å². The fourth-order valence-electron chi connectivity index (χ4n) is 2.35. The highest BCUT2D eigenvalue weighted by molar-refractivity contribution is 9.10. The molecule has 2 rings (SSSR count). The molecule has 0 aliphatic carbocycles.